The lowest BCUT2D eigenvalue weighted by Crippen LogP contribution is -1.85. The monoisotopic (exact) mass is 280 g/mol. The second kappa shape index (κ2) is 4.70. The van der Waals surface area contributed by atoms with Gasteiger partial charge < -0.3 is 4.98 Å². The van der Waals surface area contributed by atoms with E-state index in [4.69, 9.17) is 11.6 Å². The smallest absolute Gasteiger partial charge is 0.102 e. The molecule has 2 aromatic carbocycles. The number of aryl methyl sites for hydroxylation is 2. The maximum Gasteiger partial charge on any atom is 0.102 e. The van der Waals surface area contributed by atoms with Crippen molar-refractivity contribution in [1.82, 2.24) is 4.98 Å². The van der Waals surface area contributed by atoms with Gasteiger partial charge in [0.2, 0.25) is 0 Å². The number of hydrogen-bond acceptors (Lipinski definition) is 1. The van der Waals surface area contributed by atoms with Crippen LogP contribution in [0.5, 0.6) is 0 Å². The van der Waals surface area contributed by atoms with Crippen molar-refractivity contribution < 1.29 is 0 Å². The van der Waals surface area contributed by atoms with Gasteiger partial charge >= 0.3 is 0 Å². The van der Waals surface area contributed by atoms with Gasteiger partial charge in [0.25, 0.3) is 0 Å². The quantitative estimate of drug-likeness (QED) is 0.671. The summed E-state index contributed by atoms with van der Waals surface area (Å²) in [5.74, 6) is 0. The lowest BCUT2D eigenvalue weighted by atomic mass is 10.0. The van der Waals surface area contributed by atoms with Crippen LogP contribution in [0.3, 0.4) is 0 Å². The summed E-state index contributed by atoms with van der Waals surface area (Å²) in [7, 11) is 0. The molecule has 1 aromatic heterocycles. The zero-order valence-electron chi connectivity index (χ0n) is 11.3. The molecule has 20 heavy (non-hydrogen) atoms. The molecule has 0 saturated heterocycles. The van der Waals surface area contributed by atoms with Gasteiger partial charge in [-0.1, -0.05) is 23.7 Å². The summed E-state index contributed by atoms with van der Waals surface area (Å²) in [6.07, 6.45) is 0. The summed E-state index contributed by atoms with van der Waals surface area (Å²) < 4.78 is 0. The molecule has 0 bridgehead atoms. The third-order valence-electron chi connectivity index (χ3n) is 3.67. The Morgan fingerprint density at radius 3 is 2.55 bits per heavy atom. The highest BCUT2D eigenvalue weighted by Crippen LogP contribution is 2.32. The van der Waals surface area contributed by atoms with Crippen molar-refractivity contribution >= 4 is 22.5 Å². The average molecular weight is 281 g/mol. The van der Waals surface area contributed by atoms with Gasteiger partial charge in [0.15, 0.2) is 0 Å². The van der Waals surface area contributed by atoms with Crippen LogP contribution in [-0.2, 0) is 0 Å². The molecule has 0 radical (unpaired) electrons. The highest BCUT2D eigenvalue weighted by Gasteiger charge is 2.13. The fourth-order valence-electron chi connectivity index (χ4n) is 2.39. The van der Waals surface area contributed by atoms with E-state index in [1.807, 2.05) is 24.3 Å². The highest BCUT2D eigenvalue weighted by molar-refractivity contribution is 6.31. The van der Waals surface area contributed by atoms with E-state index in [1.54, 1.807) is 0 Å². The molecule has 2 nitrogen and oxygen atoms in total. The first-order valence-corrected chi connectivity index (χ1v) is 6.77. The van der Waals surface area contributed by atoms with Crippen LogP contribution in [0.1, 0.15) is 16.7 Å². The number of nitriles is 1. The van der Waals surface area contributed by atoms with Crippen LogP contribution in [0, 0.1) is 25.2 Å². The molecule has 0 fully saturated rings. The van der Waals surface area contributed by atoms with Gasteiger partial charge in [-0.3, -0.25) is 0 Å². The van der Waals surface area contributed by atoms with E-state index in [2.05, 4.69) is 37.0 Å². The number of aromatic amines is 1. The van der Waals surface area contributed by atoms with Gasteiger partial charge in [0, 0.05) is 15.9 Å². The fraction of sp³-hybridized carbons (Fsp3) is 0.118. The topological polar surface area (TPSA) is 39.6 Å². The van der Waals surface area contributed by atoms with Gasteiger partial charge in [-0.2, -0.15) is 5.26 Å². The van der Waals surface area contributed by atoms with Crippen molar-refractivity contribution in [2.24, 2.45) is 0 Å². The molecule has 0 atom stereocenters. The zero-order chi connectivity index (χ0) is 14.3. The minimum Gasteiger partial charge on any atom is -0.353 e. The van der Waals surface area contributed by atoms with Crippen LogP contribution >= 0.6 is 11.6 Å². The largest absolute Gasteiger partial charge is 0.353 e. The van der Waals surface area contributed by atoms with Crippen molar-refractivity contribution in [3.05, 3.63) is 58.1 Å². The number of benzene rings is 2. The number of fused-ring (bicyclic) bond motifs is 1. The molecule has 3 aromatic rings. The third kappa shape index (κ3) is 1.97. The summed E-state index contributed by atoms with van der Waals surface area (Å²) >= 11 is 6.03. The van der Waals surface area contributed by atoms with Crippen LogP contribution < -0.4 is 0 Å². The van der Waals surface area contributed by atoms with E-state index in [-0.39, 0.29) is 0 Å². The van der Waals surface area contributed by atoms with Crippen molar-refractivity contribution in [2.45, 2.75) is 13.8 Å². The van der Waals surface area contributed by atoms with Gasteiger partial charge in [0.1, 0.15) is 6.07 Å². The summed E-state index contributed by atoms with van der Waals surface area (Å²) in [4.78, 5) is 3.32. The van der Waals surface area contributed by atoms with Gasteiger partial charge in [-0.25, -0.2) is 0 Å². The maximum absolute atomic E-state index is 9.47. The van der Waals surface area contributed by atoms with Gasteiger partial charge in [-0.05, 0) is 54.8 Å². The second-order valence-corrected chi connectivity index (χ2v) is 5.41. The van der Waals surface area contributed by atoms with Gasteiger partial charge in [-0.15, -0.1) is 0 Å². The highest BCUT2D eigenvalue weighted by atomic mass is 35.5. The number of nitrogens with zero attached hydrogens (tertiary/aromatic N) is 1. The molecule has 0 aliphatic heterocycles. The number of nitrogens with one attached hydrogen (secondary N) is 1. The Balaban J connectivity index is 2.31. The first kappa shape index (κ1) is 12.8. The van der Waals surface area contributed by atoms with E-state index in [1.165, 1.54) is 11.1 Å². The fourth-order valence-corrected chi connectivity index (χ4v) is 2.57. The Morgan fingerprint density at radius 1 is 1.05 bits per heavy atom. The lowest BCUT2D eigenvalue weighted by molar-refractivity contribution is 1.33. The molecule has 1 heterocycles. The summed E-state index contributed by atoms with van der Waals surface area (Å²) in [6.45, 7) is 4.15. The molecule has 3 heteroatoms. The van der Waals surface area contributed by atoms with E-state index < -0.39 is 0 Å². The van der Waals surface area contributed by atoms with E-state index >= 15 is 0 Å². The van der Waals surface area contributed by atoms with Crippen molar-refractivity contribution in [2.75, 3.05) is 0 Å². The SMILES string of the molecule is Cc1ccc(-c2[nH]c3ccc(Cl)cc3c2C#N)cc1C. The molecule has 0 amide bonds. The van der Waals surface area contributed by atoms with E-state index in [0.717, 1.165) is 22.2 Å². The van der Waals surface area contributed by atoms with Crippen molar-refractivity contribution in [3.63, 3.8) is 0 Å². The zero-order valence-corrected chi connectivity index (χ0v) is 12.0. The van der Waals surface area contributed by atoms with E-state index in [0.29, 0.717) is 10.6 Å². The first-order valence-electron chi connectivity index (χ1n) is 6.39. The number of rotatable bonds is 1. The number of H-pyrrole nitrogens is 1. The average Bonchev–Trinajstić information content (AvgIpc) is 2.79. The second-order valence-electron chi connectivity index (χ2n) is 4.98. The Kier molecular flexibility index (Phi) is 3.00. The third-order valence-corrected chi connectivity index (χ3v) is 3.90. The number of aromatic nitrogens is 1. The lowest BCUT2D eigenvalue weighted by Gasteiger charge is -2.04. The number of halogens is 1. The molecule has 0 saturated carbocycles. The predicted molar refractivity (Wildman–Crippen MR) is 82.9 cm³/mol. The molecule has 0 spiro atoms. The van der Waals surface area contributed by atoms with Gasteiger partial charge in [0.05, 0.1) is 11.3 Å². The Hall–Kier alpha value is -2.24. The maximum atomic E-state index is 9.47. The summed E-state index contributed by atoms with van der Waals surface area (Å²) in [5, 5.41) is 11.0. The molecular weight excluding hydrogens is 268 g/mol. The van der Waals surface area contributed by atoms with Crippen LogP contribution in [0.4, 0.5) is 0 Å². The van der Waals surface area contributed by atoms with Crippen molar-refractivity contribution in [3.8, 4) is 17.3 Å². The van der Waals surface area contributed by atoms with Crippen LogP contribution in [0.2, 0.25) is 5.02 Å². The minimum atomic E-state index is 0.639. The molecule has 0 aliphatic carbocycles. The van der Waals surface area contributed by atoms with E-state index in [9.17, 15) is 5.26 Å². The molecular formula is C17H13ClN2. The normalized spacial score (nSPS) is 10.7. The summed E-state index contributed by atoms with van der Waals surface area (Å²) in [5.41, 5.74) is 5.91. The molecule has 0 unspecified atom stereocenters. The molecule has 0 aliphatic rings. The Labute approximate surface area is 122 Å². The Morgan fingerprint density at radius 2 is 1.85 bits per heavy atom. The standard InChI is InChI=1S/C17H13ClN2/c1-10-3-4-12(7-11(10)2)17-15(9-19)14-8-13(18)5-6-16(14)20-17/h3-8,20H,1-2H3. The van der Waals surface area contributed by atoms with Crippen LogP contribution in [-0.4, -0.2) is 4.98 Å². The molecule has 3 rings (SSSR count). The first-order chi connectivity index (χ1) is 9.60. The molecule has 98 valence electrons. The Bertz CT molecular complexity index is 853. The predicted octanol–water partition coefficient (Wildman–Crippen LogP) is 4.98. The minimum absolute atomic E-state index is 0.639. The van der Waals surface area contributed by atoms with Crippen LogP contribution in [0.25, 0.3) is 22.2 Å². The molecule has 1 N–H and O–H groups in total. The van der Waals surface area contributed by atoms with Crippen molar-refractivity contribution in [1.29, 1.82) is 5.26 Å². The van der Waals surface area contributed by atoms with Crippen LogP contribution in [0.15, 0.2) is 36.4 Å². The summed E-state index contributed by atoms with van der Waals surface area (Å²) in [6, 6.07) is 14.1. The number of hydrogen-bond donors (Lipinski definition) is 1.